The maximum atomic E-state index is 13.9. The summed E-state index contributed by atoms with van der Waals surface area (Å²) in [6.45, 7) is 35.4. The molecular formula is C92H146B3I2N19O14Y. The van der Waals surface area contributed by atoms with Gasteiger partial charge in [0.15, 0.2) is 46.6 Å². The molecule has 39 heteroatoms. The van der Waals surface area contributed by atoms with Gasteiger partial charge in [-0.05, 0) is 201 Å². The number of benzene rings is 4. The molecule has 719 valence electrons. The molecule has 0 saturated carbocycles. The largest absolute Gasteiger partial charge is 1.00 e. The van der Waals surface area contributed by atoms with Crippen LogP contribution in [0.4, 0.5) is 11.4 Å². The number of allylic oxidation sites excluding steroid dienone is 2. The number of ketones is 2. The predicted molar refractivity (Wildman–Crippen MR) is 512 cm³/mol. The van der Waals surface area contributed by atoms with Crippen molar-refractivity contribution in [1.29, 1.82) is 0 Å². The summed E-state index contributed by atoms with van der Waals surface area (Å²) in [6, 6.07) is 23.4. The number of hydrogen-bond donors (Lipinski definition) is 9. The summed E-state index contributed by atoms with van der Waals surface area (Å²) >= 11 is 0. The van der Waals surface area contributed by atoms with Crippen molar-refractivity contribution in [2.75, 3.05) is 122 Å². The molecule has 7 radical (unpaired) electrons. The van der Waals surface area contributed by atoms with Crippen LogP contribution in [0, 0.1) is 45.5 Å². The number of Topliss-reactive ketones (excluding diaryl/α,β-unsaturated/α-hetero) is 2. The van der Waals surface area contributed by atoms with E-state index in [4.69, 9.17) is 96.2 Å². The number of aryl methyl sites for hydroxylation is 4. The number of hydrazone groups is 1. The molecule has 2 fully saturated rings. The number of nitrogens with zero attached hydrogens (tertiary/aromatic N) is 10. The van der Waals surface area contributed by atoms with E-state index in [0.717, 1.165) is 146 Å². The zero-order valence-electron chi connectivity index (χ0n) is 80.0. The zero-order chi connectivity index (χ0) is 93.6. The van der Waals surface area contributed by atoms with E-state index in [1.807, 2.05) is 136 Å². The second kappa shape index (κ2) is 69.9. The summed E-state index contributed by atoms with van der Waals surface area (Å²) in [5.74, 6) is 8.67. The summed E-state index contributed by atoms with van der Waals surface area (Å²) in [5.41, 5.74) is 36.0. The Labute approximate surface area is 842 Å². The quantitative estimate of drug-likeness (QED) is 0.00160. The van der Waals surface area contributed by atoms with Crippen LogP contribution >= 0.6 is 0 Å². The molecular weight excluding hydrogens is 1970 g/mol. The Bertz CT molecular complexity index is 4300. The van der Waals surface area contributed by atoms with Gasteiger partial charge in [0, 0.05) is 167 Å². The Morgan fingerprint density at radius 2 is 1.05 bits per heavy atom. The number of nitrogens with one attached hydrogen (secondary N) is 4. The fraction of sp³-hybridized carbons (Fsp3) is 0.587. The first-order valence-corrected chi connectivity index (χ1v) is 43.7. The van der Waals surface area contributed by atoms with Gasteiger partial charge in [0.25, 0.3) is 11.8 Å². The first-order chi connectivity index (χ1) is 60.2. The molecule has 0 spiro atoms. The average Bonchev–Trinajstić information content (AvgIpc) is 0.774. The number of quaternary nitrogens is 2. The van der Waals surface area contributed by atoms with Crippen molar-refractivity contribution in [3.63, 3.8) is 0 Å². The zero-order valence-corrected chi connectivity index (χ0v) is 87.2. The second-order valence-corrected chi connectivity index (χ2v) is 32.9. The van der Waals surface area contributed by atoms with Crippen LogP contribution in [0.1, 0.15) is 186 Å². The van der Waals surface area contributed by atoms with Crippen LogP contribution in [-0.4, -0.2) is 215 Å². The standard InChI is InChI=1S/C31H44N2O4.C30H38N2O4.C19H34B3N7O3.C12H22N6O3.2HI.2H3N.Y/c1-8-9-18-33(21-25-16-17-27(36-24(4)34)28(20-25)37-31(5,6)7)19-11-10-15-26(33)30(35)32-29-22(2)13-12-14-23(29)3;1-6-8-17-32(21-25-15-16-27(36-24(5)33)28(20-25)35-19-7-2)18-10-9-14-26(32)30(34)31-29-22(3)12-11-13-23(29)4;1-2-31-3-4-32-12-18(30)5-19(28-10-16(24)7-21,13-26-9-15(23)6-20)14-27-11-17(8-22)29-25;1-3-12(9-15-17-13,10-16-18-14)7-11(19)8-21-6-5-20-4-2;;;;;/h12-14,16-17,20,26H,8-11,15,18-19,21H2,1-7H3;2,11-13,15-16,20,26H,6,8-10,14,17-19,21H2,1,3-5H3;9-11,26,28H,2-8,12-14,23-25H2,1H3;3-10H2,1-2H3;2*1H;2*1H3;/b;;15-9-,16-10-,27-11?,29-17?;;;;;;. The minimum Gasteiger partial charge on any atom is -1.00 e. The Morgan fingerprint density at radius 3 is 1.44 bits per heavy atom. The number of aliphatic imine (C=N–C) groups is 1. The molecule has 16 N–H and O–H groups in total. The molecule has 2 heterocycles. The molecule has 131 heavy (non-hydrogen) atoms. The third-order valence-corrected chi connectivity index (χ3v) is 21.5. The molecule has 0 bridgehead atoms. The first-order valence-electron chi connectivity index (χ1n) is 43.7. The maximum absolute atomic E-state index is 13.9. The minimum atomic E-state index is -0.893. The van der Waals surface area contributed by atoms with E-state index in [2.05, 4.69) is 71.2 Å². The van der Waals surface area contributed by atoms with Gasteiger partial charge in [-0.1, -0.05) is 86.2 Å². The van der Waals surface area contributed by atoms with Crippen molar-refractivity contribution in [2.45, 2.75) is 236 Å². The normalized spacial score (nSPS) is 16.6. The molecule has 0 aliphatic carbocycles. The molecule has 4 aromatic carbocycles. The third-order valence-electron chi connectivity index (χ3n) is 21.5. The monoisotopic (exact) mass is 2120 g/mol. The van der Waals surface area contributed by atoms with Crippen molar-refractivity contribution in [3.8, 4) is 35.3 Å². The number of hydrogen-bond acceptors (Lipinski definition) is 25. The number of unbranched alkanes of at least 4 members (excludes halogenated alkanes) is 2. The Balaban J connectivity index is -0.00000168. The Kier molecular flexibility index (Phi) is 67.9. The Hall–Kier alpha value is -7.86. The molecule has 5 atom stereocenters. The van der Waals surface area contributed by atoms with Gasteiger partial charge in [0.2, 0.25) is 0 Å². The number of piperidine rings is 2. The molecule has 2 amide bonds. The van der Waals surface area contributed by atoms with E-state index in [1.165, 1.54) is 20.1 Å². The number of terminal acetylenes is 1. The smallest absolute Gasteiger partial charge is 0.308 e. The van der Waals surface area contributed by atoms with Gasteiger partial charge in [0.05, 0.1) is 93.9 Å². The van der Waals surface area contributed by atoms with Gasteiger partial charge >= 0.3 is 11.9 Å². The van der Waals surface area contributed by atoms with Gasteiger partial charge in [-0.3, -0.25) is 33.8 Å². The van der Waals surface area contributed by atoms with Crippen LogP contribution in [0.25, 0.3) is 20.9 Å². The van der Waals surface area contributed by atoms with Gasteiger partial charge in [-0.15, -0.1) is 6.42 Å². The average molecular weight is 2120 g/mol. The number of carbonyl (C=O) groups is 6. The van der Waals surface area contributed by atoms with Crippen molar-refractivity contribution in [1.82, 2.24) is 22.9 Å². The molecule has 5 unspecified atom stereocenters. The number of azide groups is 2. The van der Waals surface area contributed by atoms with Gasteiger partial charge < -0.3 is 146 Å². The van der Waals surface area contributed by atoms with Crippen LogP contribution in [0.2, 0.25) is 19.0 Å². The van der Waals surface area contributed by atoms with Crippen molar-refractivity contribution < 1.29 is 156 Å². The SMILES string of the molecule is C#CCOc1cc(C[N+]2(CCCC)CCCCC2C(=O)Nc2c(C)cccc2C)ccc1OC(C)=O.CCCC[N+]1(Cc2ccc(OC(C)=O)c(OC(C)(C)C)c2)CCCCC1C(=O)Nc1c(C)cccc1C.CCOCCOCC(=O)CC(CC)(CN=[N+]=[N-])CN=[N+]=[N-].N.N.[B]CC(C=NCC(CN/C=C(\N)C[B])(CC(=O)COCCOCC)N/C=C(\N)C[B])=NN.[I-].[I-].[Y]. The van der Waals surface area contributed by atoms with E-state index in [-0.39, 0.29) is 212 Å². The summed E-state index contributed by atoms with van der Waals surface area (Å²) in [4.78, 5) is 85.3. The number of amides is 2. The van der Waals surface area contributed by atoms with Gasteiger partial charge in [0.1, 0.15) is 38.5 Å². The first kappa shape index (κ1) is 127. The van der Waals surface area contributed by atoms with Gasteiger partial charge in [-0.2, -0.15) is 5.10 Å². The van der Waals surface area contributed by atoms with Crippen LogP contribution in [0.15, 0.2) is 117 Å². The summed E-state index contributed by atoms with van der Waals surface area (Å²) in [6.07, 6.45) is 21.5. The number of esters is 2. The molecule has 0 aromatic heterocycles. The molecule has 2 aliphatic rings. The molecule has 2 saturated heterocycles. The number of nitrogens with two attached hydrogens (primary N) is 3. The van der Waals surface area contributed by atoms with Crippen LogP contribution in [0.5, 0.6) is 23.0 Å². The van der Waals surface area contributed by atoms with Crippen molar-refractivity contribution in [3.05, 3.63) is 151 Å². The predicted octanol–water partition coefficient (Wildman–Crippen LogP) is 8.27. The summed E-state index contributed by atoms with van der Waals surface area (Å²) in [7, 11) is 16.7. The number of likely N-dealkylation sites (tertiary alicyclic amines) is 2. The van der Waals surface area contributed by atoms with E-state index in [9.17, 15) is 28.8 Å². The topological polar surface area (TPSA) is 495 Å². The fourth-order valence-corrected chi connectivity index (χ4v) is 14.9. The number of halogens is 2. The Morgan fingerprint density at radius 1 is 0.611 bits per heavy atom. The number of rotatable bonds is 51. The van der Waals surface area contributed by atoms with Gasteiger partial charge in [-0.25, -0.2) is 0 Å². The number of para-hydroxylation sites is 2. The summed E-state index contributed by atoms with van der Waals surface area (Å²) < 4.78 is 45.0. The van der Waals surface area contributed by atoms with E-state index in [1.54, 1.807) is 18.5 Å². The molecule has 33 nitrogen and oxygen atoms in total. The second-order valence-electron chi connectivity index (χ2n) is 32.9. The summed E-state index contributed by atoms with van der Waals surface area (Å²) in [5, 5.41) is 23.4. The number of carbonyl (C=O) groups excluding carboxylic acids is 6. The van der Waals surface area contributed by atoms with E-state index < -0.39 is 22.5 Å². The fourth-order valence-electron chi connectivity index (χ4n) is 14.9. The molecule has 4 aromatic rings. The third kappa shape index (κ3) is 47.8. The maximum Gasteiger partial charge on any atom is 0.308 e. The number of anilines is 2. The molecule has 6 rings (SSSR count). The van der Waals surface area contributed by atoms with Crippen LogP contribution in [-0.2, 0) is 93.5 Å². The van der Waals surface area contributed by atoms with E-state index in [0.29, 0.717) is 97.2 Å². The van der Waals surface area contributed by atoms with E-state index >= 15 is 0 Å². The van der Waals surface area contributed by atoms with Crippen molar-refractivity contribution in [2.24, 2.45) is 43.0 Å². The minimum absolute atomic E-state index is 0. The number of ether oxygens (including phenoxy) is 8. The molecule has 2 aliphatic heterocycles. The van der Waals surface area contributed by atoms with Crippen LogP contribution < -0.4 is 118 Å². The van der Waals surface area contributed by atoms with Crippen LogP contribution in [0.3, 0.4) is 0 Å². The van der Waals surface area contributed by atoms with Crippen molar-refractivity contribution >= 4 is 82.2 Å².